The highest BCUT2D eigenvalue weighted by Gasteiger charge is 2.17. The van der Waals surface area contributed by atoms with E-state index in [0.717, 1.165) is 25.7 Å². The number of nitrogens with one attached hydrogen (secondary N) is 2. The first-order valence-corrected chi connectivity index (χ1v) is 13.1. The van der Waals surface area contributed by atoms with Crippen molar-refractivity contribution in [2.75, 3.05) is 19.8 Å². The van der Waals surface area contributed by atoms with Crippen molar-refractivity contribution in [2.24, 2.45) is 11.7 Å². The zero-order chi connectivity index (χ0) is 26.8. The van der Waals surface area contributed by atoms with Gasteiger partial charge in [0.25, 0.3) is 0 Å². The van der Waals surface area contributed by atoms with Crippen LogP contribution in [0.2, 0.25) is 0 Å². The number of hydrogen-bond acceptors (Lipinski definition) is 6. The maximum atomic E-state index is 11.7. The van der Waals surface area contributed by atoms with Crippen LogP contribution >= 0.6 is 0 Å². The number of aromatic nitrogens is 1. The number of fused-ring (bicyclic) bond motifs is 1. The lowest BCUT2D eigenvalue weighted by atomic mass is 10.1. The third-order valence-electron chi connectivity index (χ3n) is 5.66. The molecular formula is C28H45N3O5. The number of esters is 2. The van der Waals surface area contributed by atoms with Gasteiger partial charge in [0.05, 0.1) is 13.2 Å². The lowest BCUT2D eigenvalue weighted by Gasteiger charge is -2.12. The van der Waals surface area contributed by atoms with Gasteiger partial charge < -0.3 is 25.5 Å². The normalized spacial score (nSPS) is 11.5. The van der Waals surface area contributed by atoms with Gasteiger partial charge in [0.15, 0.2) is 0 Å². The predicted molar refractivity (Wildman–Crippen MR) is 143 cm³/mol. The summed E-state index contributed by atoms with van der Waals surface area (Å²) in [6, 6.07) is 7.48. The number of aryl methyl sites for hydroxylation is 1. The van der Waals surface area contributed by atoms with Crippen LogP contribution in [0.4, 0.5) is 0 Å². The molecule has 2 aromatic rings. The zero-order valence-corrected chi connectivity index (χ0v) is 22.4. The fraction of sp³-hybridized carbons (Fsp3) is 0.607. The van der Waals surface area contributed by atoms with Crippen LogP contribution < -0.4 is 11.1 Å². The summed E-state index contributed by atoms with van der Waals surface area (Å²) in [7, 11) is 0. The number of H-pyrrole nitrogens is 1. The van der Waals surface area contributed by atoms with Crippen LogP contribution in [0.1, 0.15) is 77.7 Å². The van der Waals surface area contributed by atoms with Crippen LogP contribution in [0, 0.1) is 12.8 Å². The van der Waals surface area contributed by atoms with Gasteiger partial charge in [-0.2, -0.15) is 0 Å². The third kappa shape index (κ3) is 13.9. The summed E-state index contributed by atoms with van der Waals surface area (Å²) in [6.45, 7) is 8.88. The van der Waals surface area contributed by atoms with Crippen molar-refractivity contribution in [3.63, 3.8) is 0 Å². The molecule has 1 unspecified atom stereocenters. The van der Waals surface area contributed by atoms with E-state index in [9.17, 15) is 14.4 Å². The number of carbonyl (C=O) groups is 3. The molecule has 0 saturated heterocycles. The molecule has 36 heavy (non-hydrogen) atoms. The summed E-state index contributed by atoms with van der Waals surface area (Å²) in [5, 5.41) is 3.80. The molecule has 202 valence electrons. The lowest BCUT2D eigenvalue weighted by molar-refractivity contribution is -0.146. The van der Waals surface area contributed by atoms with Crippen molar-refractivity contribution in [3.05, 3.63) is 36.0 Å². The number of aromatic amines is 1. The highest BCUT2D eigenvalue weighted by Crippen LogP contribution is 2.15. The Bertz CT molecular complexity index is 909. The highest BCUT2D eigenvalue weighted by atomic mass is 16.5. The molecule has 1 amide bonds. The average molecular weight is 504 g/mol. The van der Waals surface area contributed by atoms with Crippen LogP contribution in [0.25, 0.3) is 10.9 Å². The summed E-state index contributed by atoms with van der Waals surface area (Å²) >= 11 is 0. The quantitative estimate of drug-likeness (QED) is 0.237. The van der Waals surface area contributed by atoms with Crippen molar-refractivity contribution >= 4 is 28.7 Å². The summed E-state index contributed by atoms with van der Waals surface area (Å²) in [5.74, 6) is -0.844. The second-order valence-corrected chi connectivity index (χ2v) is 9.42. The minimum absolute atomic E-state index is 0.0603. The molecule has 0 fully saturated rings. The Balaban J connectivity index is 0.000000526. The molecule has 0 spiro atoms. The largest absolute Gasteiger partial charge is 0.465 e. The number of amides is 1. The van der Waals surface area contributed by atoms with E-state index in [0.29, 0.717) is 19.1 Å². The van der Waals surface area contributed by atoms with Gasteiger partial charge in [0.1, 0.15) is 12.6 Å². The Kier molecular flexibility index (Phi) is 15.9. The van der Waals surface area contributed by atoms with Crippen molar-refractivity contribution in [2.45, 2.75) is 85.1 Å². The highest BCUT2D eigenvalue weighted by molar-refractivity contribution is 5.83. The standard InChI is InChI=1S/C19H36N2O5.C9H9N/c1-4-5-6-7-8-12-25-18(23)14-21-17(22)10-9-16(20)19(24)26-13-11-15(2)3;1-7-6-10-9-5-3-2-4-8(7)9/h15-16H,4-14,20H2,1-3H3,(H,21,22);2-6,10H,1H3. The van der Waals surface area contributed by atoms with E-state index >= 15 is 0 Å². The van der Waals surface area contributed by atoms with E-state index in [2.05, 4.69) is 42.3 Å². The molecule has 0 aliphatic carbocycles. The molecule has 1 atom stereocenters. The Labute approximate surface area is 215 Å². The molecule has 2 rings (SSSR count). The van der Waals surface area contributed by atoms with E-state index in [1.54, 1.807) is 0 Å². The number of hydrogen-bond donors (Lipinski definition) is 3. The minimum Gasteiger partial charge on any atom is -0.465 e. The summed E-state index contributed by atoms with van der Waals surface area (Å²) in [6.07, 6.45) is 8.44. The van der Waals surface area contributed by atoms with E-state index in [4.69, 9.17) is 15.2 Å². The number of nitrogens with two attached hydrogens (primary N) is 1. The maximum absolute atomic E-state index is 11.7. The first-order valence-electron chi connectivity index (χ1n) is 13.1. The van der Waals surface area contributed by atoms with Gasteiger partial charge in [0.2, 0.25) is 5.91 Å². The molecule has 0 radical (unpaired) electrons. The molecule has 4 N–H and O–H groups in total. The Morgan fingerprint density at radius 1 is 1.00 bits per heavy atom. The number of rotatable bonds is 15. The van der Waals surface area contributed by atoms with Crippen molar-refractivity contribution in [1.82, 2.24) is 10.3 Å². The Hall–Kier alpha value is -2.87. The van der Waals surface area contributed by atoms with Crippen LogP contribution in [-0.2, 0) is 23.9 Å². The first kappa shape index (κ1) is 31.2. The van der Waals surface area contributed by atoms with Gasteiger partial charge >= 0.3 is 11.9 Å². The minimum atomic E-state index is -0.831. The van der Waals surface area contributed by atoms with E-state index in [1.165, 1.54) is 29.3 Å². The molecule has 1 aromatic carbocycles. The molecule has 8 heteroatoms. The molecule has 1 heterocycles. The van der Waals surface area contributed by atoms with Crippen LogP contribution in [0.3, 0.4) is 0 Å². The number of unbranched alkanes of at least 4 members (excludes halogenated alkanes) is 4. The Morgan fingerprint density at radius 3 is 2.42 bits per heavy atom. The van der Waals surface area contributed by atoms with Crippen molar-refractivity contribution in [1.29, 1.82) is 0 Å². The van der Waals surface area contributed by atoms with Gasteiger partial charge in [-0.05, 0) is 43.7 Å². The summed E-state index contributed by atoms with van der Waals surface area (Å²) in [5.41, 5.74) is 8.25. The molecule has 0 aliphatic heterocycles. The maximum Gasteiger partial charge on any atom is 0.325 e. The third-order valence-corrected chi connectivity index (χ3v) is 5.66. The van der Waals surface area contributed by atoms with E-state index in [1.807, 2.05) is 26.1 Å². The summed E-state index contributed by atoms with van der Waals surface area (Å²) in [4.78, 5) is 38.1. The van der Waals surface area contributed by atoms with Crippen molar-refractivity contribution < 1.29 is 23.9 Å². The molecule has 0 saturated carbocycles. The van der Waals surface area contributed by atoms with Gasteiger partial charge in [-0.25, -0.2) is 0 Å². The molecule has 0 aliphatic rings. The number of para-hydroxylation sites is 1. The molecule has 1 aromatic heterocycles. The Morgan fingerprint density at radius 2 is 1.72 bits per heavy atom. The van der Waals surface area contributed by atoms with Crippen LogP contribution in [-0.4, -0.2) is 48.6 Å². The topological polar surface area (TPSA) is 124 Å². The number of benzene rings is 1. The van der Waals surface area contributed by atoms with Gasteiger partial charge in [-0.3, -0.25) is 14.4 Å². The molecule has 0 bridgehead atoms. The fourth-order valence-corrected chi connectivity index (χ4v) is 3.33. The smallest absolute Gasteiger partial charge is 0.325 e. The number of ether oxygens (including phenoxy) is 2. The average Bonchev–Trinajstić information content (AvgIpc) is 3.24. The summed E-state index contributed by atoms with van der Waals surface area (Å²) < 4.78 is 10.1. The van der Waals surface area contributed by atoms with E-state index < -0.39 is 18.0 Å². The van der Waals surface area contributed by atoms with Gasteiger partial charge in [0, 0.05) is 23.5 Å². The van der Waals surface area contributed by atoms with Gasteiger partial charge in [-0.15, -0.1) is 0 Å². The number of carbonyl (C=O) groups excluding carboxylic acids is 3. The van der Waals surface area contributed by atoms with Crippen LogP contribution in [0.5, 0.6) is 0 Å². The SMILES string of the molecule is CCCCCCCOC(=O)CNC(=O)CCC(N)C(=O)OCCC(C)C.Cc1c[nH]c2ccccc12. The van der Waals surface area contributed by atoms with Crippen LogP contribution in [0.15, 0.2) is 30.5 Å². The fourth-order valence-electron chi connectivity index (χ4n) is 3.33. The molecule has 8 nitrogen and oxygen atoms in total. The monoisotopic (exact) mass is 503 g/mol. The van der Waals surface area contributed by atoms with E-state index in [-0.39, 0.29) is 25.3 Å². The predicted octanol–water partition coefficient (Wildman–Crippen LogP) is 4.79. The second kappa shape index (κ2) is 18.4. The zero-order valence-electron chi connectivity index (χ0n) is 22.4. The molecular weight excluding hydrogens is 458 g/mol. The first-order chi connectivity index (χ1) is 17.2. The van der Waals surface area contributed by atoms with Crippen molar-refractivity contribution in [3.8, 4) is 0 Å². The second-order valence-electron chi connectivity index (χ2n) is 9.42. The van der Waals surface area contributed by atoms with Gasteiger partial charge in [-0.1, -0.05) is 64.7 Å². The lowest BCUT2D eigenvalue weighted by Crippen LogP contribution is -2.36.